The van der Waals surface area contributed by atoms with Gasteiger partial charge in [0.25, 0.3) is 0 Å². The normalized spacial score (nSPS) is 31.4. The van der Waals surface area contributed by atoms with E-state index in [9.17, 15) is 4.79 Å². The van der Waals surface area contributed by atoms with Crippen LogP contribution in [0.15, 0.2) is 0 Å². The molecule has 1 amide bonds. The van der Waals surface area contributed by atoms with Gasteiger partial charge in [-0.2, -0.15) is 0 Å². The third-order valence-electron chi connectivity index (χ3n) is 4.67. The topological polar surface area (TPSA) is 32.3 Å². The average Bonchev–Trinajstić information content (AvgIpc) is 3.00. The molecule has 2 atom stereocenters. The summed E-state index contributed by atoms with van der Waals surface area (Å²) in [7, 11) is 0. The van der Waals surface area contributed by atoms with Gasteiger partial charge in [0.15, 0.2) is 0 Å². The van der Waals surface area contributed by atoms with E-state index in [1.807, 2.05) is 0 Å². The fourth-order valence-corrected chi connectivity index (χ4v) is 2.97. The molecule has 1 aliphatic heterocycles. The van der Waals surface area contributed by atoms with Crippen LogP contribution < -0.4 is 5.32 Å². The second-order valence-electron chi connectivity index (χ2n) is 6.17. The van der Waals surface area contributed by atoms with Crippen LogP contribution in [0.1, 0.15) is 53.4 Å². The molecule has 3 heteroatoms. The molecule has 1 heterocycles. The van der Waals surface area contributed by atoms with Crippen LogP contribution in [-0.4, -0.2) is 29.6 Å². The molecule has 0 radical (unpaired) electrons. The van der Waals surface area contributed by atoms with Crippen molar-refractivity contribution in [3.05, 3.63) is 0 Å². The van der Waals surface area contributed by atoms with E-state index in [0.717, 1.165) is 19.4 Å². The number of hydrogen-bond donors (Lipinski definition) is 1. The minimum Gasteiger partial charge on any atom is -0.326 e. The van der Waals surface area contributed by atoms with Gasteiger partial charge >= 0.3 is 0 Å². The van der Waals surface area contributed by atoms with E-state index in [0.29, 0.717) is 17.2 Å². The Morgan fingerprint density at radius 3 is 2.59 bits per heavy atom. The first-order chi connectivity index (χ1) is 8.00. The van der Waals surface area contributed by atoms with Crippen molar-refractivity contribution in [2.75, 3.05) is 6.54 Å². The van der Waals surface area contributed by atoms with Crippen LogP contribution in [0.3, 0.4) is 0 Å². The Bertz CT molecular complexity index is 297. The second-order valence-corrected chi connectivity index (χ2v) is 6.17. The number of nitrogens with zero attached hydrogens (tertiary/aromatic N) is 1. The Hall–Kier alpha value is -0.570. The number of rotatable bonds is 5. The molecule has 2 unspecified atom stereocenters. The third-order valence-corrected chi connectivity index (χ3v) is 4.67. The molecule has 1 aliphatic carbocycles. The fraction of sp³-hybridized carbons (Fsp3) is 0.929. The van der Waals surface area contributed by atoms with Crippen molar-refractivity contribution in [1.29, 1.82) is 0 Å². The van der Waals surface area contributed by atoms with E-state index in [1.54, 1.807) is 0 Å². The summed E-state index contributed by atoms with van der Waals surface area (Å²) in [5.41, 5.74) is 0.423. The summed E-state index contributed by atoms with van der Waals surface area (Å²) in [4.78, 5) is 14.4. The maximum absolute atomic E-state index is 12.3. The van der Waals surface area contributed by atoms with Gasteiger partial charge < -0.3 is 4.90 Å². The zero-order chi connectivity index (χ0) is 12.6. The Balaban J connectivity index is 1.99. The summed E-state index contributed by atoms with van der Waals surface area (Å²) in [6.07, 6.45) is 4.84. The highest BCUT2D eigenvalue weighted by atomic mass is 16.2. The van der Waals surface area contributed by atoms with Crippen molar-refractivity contribution in [3.8, 4) is 0 Å². The Morgan fingerprint density at radius 2 is 2.12 bits per heavy atom. The quantitative estimate of drug-likeness (QED) is 0.797. The van der Waals surface area contributed by atoms with E-state index < -0.39 is 0 Å². The van der Waals surface area contributed by atoms with Crippen LogP contribution in [0, 0.1) is 11.3 Å². The molecule has 0 bridgehead atoms. The Kier molecular flexibility index (Phi) is 3.48. The van der Waals surface area contributed by atoms with E-state index in [4.69, 9.17) is 0 Å². The van der Waals surface area contributed by atoms with Gasteiger partial charge in [-0.15, -0.1) is 0 Å². The first-order valence-corrected chi connectivity index (χ1v) is 7.06. The first kappa shape index (κ1) is 12.9. The number of carbonyl (C=O) groups excluding carboxylic acids is 1. The molecule has 3 nitrogen and oxygen atoms in total. The summed E-state index contributed by atoms with van der Waals surface area (Å²) in [5.74, 6) is 1.01. The van der Waals surface area contributed by atoms with E-state index in [-0.39, 0.29) is 12.2 Å². The number of nitrogens with one attached hydrogen (secondary N) is 1. The highest BCUT2D eigenvalue weighted by molar-refractivity contribution is 5.84. The summed E-state index contributed by atoms with van der Waals surface area (Å²) < 4.78 is 0. The van der Waals surface area contributed by atoms with E-state index >= 15 is 0 Å². The van der Waals surface area contributed by atoms with Crippen LogP contribution in [0.2, 0.25) is 0 Å². The minimum atomic E-state index is 0.0676. The Labute approximate surface area is 105 Å². The summed E-state index contributed by atoms with van der Waals surface area (Å²) >= 11 is 0. The van der Waals surface area contributed by atoms with E-state index in [2.05, 4.69) is 37.9 Å². The smallest absolute Gasteiger partial charge is 0.241 e. The van der Waals surface area contributed by atoms with Gasteiger partial charge in [-0.25, -0.2) is 0 Å². The van der Waals surface area contributed by atoms with Crippen LogP contribution in [0.4, 0.5) is 0 Å². The Morgan fingerprint density at radius 1 is 1.47 bits per heavy atom. The van der Waals surface area contributed by atoms with Crippen molar-refractivity contribution in [2.45, 2.75) is 65.6 Å². The zero-order valence-electron chi connectivity index (χ0n) is 11.6. The first-order valence-electron chi connectivity index (χ1n) is 7.06. The molecule has 2 rings (SSSR count). The van der Waals surface area contributed by atoms with Gasteiger partial charge in [-0.05, 0) is 37.5 Å². The van der Waals surface area contributed by atoms with Gasteiger partial charge in [0.2, 0.25) is 5.91 Å². The molecule has 98 valence electrons. The van der Waals surface area contributed by atoms with Gasteiger partial charge in [0.05, 0.1) is 12.2 Å². The summed E-state index contributed by atoms with van der Waals surface area (Å²) in [6, 6.07) is 0.0676. The second kappa shape index (κ2) is 4.60. The van der Waals surface area contributed by atoms with Crippen molar-refractivity contribution in [1.82, 2.24) is 10.2 Å². The van der Waals surface area contributed by atoms with Gasteiger partial charge in [-0.1, -0.05) is 27.2 Å². The SMILES string of the molecule is CCCC1NC(C)N(CC2(C(C)C)CC2)C1=O. The predicted octanol–water partition coefficient (Wildman–Crippen LogP) is 2.37. The summed E-state index contributed by atoms with van der Waals surface area (Å²) in [6.45, 7) is 9.78. The largest absolute Gasteiger partial charge is 0.326 e. The van der Waals surface area contributed by atoms with Crippen LogP contribution >= 0.6 is 0 Å². The molecule has 17 heavy (non-hydrogen) atoms. The van der Waals surface area contributed by atoms with Crippen LogP contribution in [0.5, 0.6) is 0 Å². The lowest BCUT2D eigenvalue weighted by Gasteiger charge is -2.29. The molecule has 1 saturated heterocycles. The zero-order valence-corrected chi connectivity index (χ0v) is 11.6. The molecule has 2 fully saturated rings. The van der Waals surface area contributed by atoms with Crippen LogP contribution in [-0.2, 0) is 4.79 Å². The predicted molar refractivity (Wildman–Crippen MR) is 69.5 cm³/mol. The van der Waals surface area contributed by atoms with Crippen molar-refractivity contribution < 1.29 is 4.79 Å². The molecule has 0 aromatic heterocycles. The number of carbonyl (C=O) groups is 1. The third kappa shape index (κ3) is 2.35. The average molecular weight is 238 g/mol. The van der Waals surface area contributed by atoms with Gasteiger partial charge in [-0.3, -0.25) is 10.1 Å². The maximum Gasteiger partial charge on any atom is 0.241 e. The van der Waals surface area contributed by atoms with Crippen molar-refractivity contribution >= 4 is 5.91 Å². The molecular weight excluding hydrogens is 212 g/mol. The molecule has 1 saturated carbocycles. The van der Waals surface area contributed by atoms with Crippen molar-refractivity contribution in [3.63, 3.8) is 0 Å². The molecule has 0 spiro atoms. The standard InChI is InChI=1S/C14H26N2O/c1-5-6-12-13(17)16(11(4)15-12)9-14(7-8-14)10(2)3/h10-12,15H,5-9H2,1-4H3. The molecule has 0 aromatic carbocycles. The molecular formula is C14H26N2O. The minimum absolute atomic E-state index is 0.0676. The monoisotopic (exact) mass is 238 g/mol. The van der Waals surface area contributed by atoms with Crippen LogP contribution in [0.25, 0.3) is 0 Å². The summed E-state index contributed by atoms with van der Waals surface area (Å²) in [5, 5.41) is 3.42. The lowest BCUT2D eigenvalue weighted by atomic mass is 9.91. The van der Waals surface area contributed by atoms with Crippen molar-refractivity contribution in [2.24, 2.45) is 11.3 Å². The van der Waals surface area contributed by atoms with Gasteiger partial charge in [0.1, 0.15) is 0 Å². The number of hydrogen-bond acceptors (Lipinski definition) is 2. The molecule has 1 N–H and O–H groups in total. The molecule has 2 aliphatic rings. The highest BCUT2D eigenvalue weighted by Crippen LogP contribution is 2.52. The number of amides is 1. The highest BCUT2D eigenvalue weighted by Gasteiger charge is 2.49. The van der Waals surface area contributed by atoms with E-state index in [1.165, 1.54) is 12.8 Å². The maximum atomic E-state index is 12.3. The van der Waals surface area contributed by atoms with Gasteiger partial charge in [0, 0.05) is 6.54 Å². The lowest BCUT2D eigenvalue weighted by molar-refractivity contribution is -0.131. The fourth-order valence-electron chi connectivity index (χ4n) is 2.97. The lowest BCUT2D eigenvalue weighted by Crippen LogP contribution is -2.40. The molecule has 0 aromatic rings.